The summed E-state index contributed by atoms with van der Waals surface area (Å²) in [6.45, 7) is 5.05. The summed E-state index contributed by atoms with van der Waals surface area (Å²) in [4.78, 5) is 27.9. The fourth-order valence-corrected chi connectivity index (χ4v) is 3.54. The van der Waals surface area contributed by atoms with Gasteiger partial charge in [-0.05, 0) is 24.6 Å². The molecule has 0 unspecified atom stereocenters. The standard InChI is InChI=1S/C20H21N5O/c1-3-19(26)25-8-6-15(13-25)24(2)16-9-17-18(12-23-20(17)22-11-16)14-5-4-7-21-10-14/h3-5,7,9-12,15H,1,6,8,13H2,2H3,(H,22,23)/t15-/m0/s1. The van der Waals surface area contributed by atoms with Gasteiger partial charge in [0.2, 0.25) is 5.91 Å². The summed E-state index contributed by atoms with van der Waals surface area (Å²) in [5.74, 6) is -0.000949. The summed E-state index contributed by atoms with van der Waals surface area (Å²) < 4.78 is 0. The molecule has 1 fully saturated rings. The smallest absolute Gasteiger partial charge is 0.246 e. The molecule has 1 amide bonds. The predicted octanol–water partition coefficient (Wildman–Crippen LogP) is 2.85. The second-order valence-corrected chi connectivity index (χ2v) is 6.58. The lowest BCUT2D eigenvalue weighted by Crippen LogP contribution is -2.36. The van der Waals surface area contributed by atoms with Gasteiger partial charge in [0.1, 0.15) is 5.65 Å². The van der Waals surface area contributed by atoms with E-state index >= 15 is 0 Å². The Hall–Kier alpha value is -3.15. The SMILES string of the molecule is C=CC(=O)N1CC[C@H](N(C)c2cnc3[nH]cc(-c4cccnc4)c3c2)C1. The van der Waals surface area contributed by atoms with Gasteiger partial charge in [0.25, 0.3) is 0 Å². The molecule has 132 valence electrons. The molecule has 0 radical (unpaired) electrons. The van der Waals surface area contributed by atoms with Crippen molar-refractivity contribution in [2.45, 2.75) is 12.5 Å². The molecular weight excluding hydrogens is 326 g/mol. The van der Waals surface area contributed by atoms with Gasteiger partial charge in [-0.25, -0.2) is 4.98 Å². The summed E-state index contributed by atoms with van der Waals surface area (Å²) in [6.07, 6.45) is 9.80. The van der Waals surface area contributed by atoms with E-state index < -0.39 is 0 Å². The Labute approximate surface area is 152 Å². The van der Waals surface area contributed by atoms with Gasteiger partial charge in [-0.2, -0.15) is 0 Å². The monoisotopic (exact) mass is 347 g/mol. The molecule has 3 aromatic heterocycles. The number of fused-ring (bicyclic) bond motifs is 1. The number of rotatable bonds is 4. The molecule has 4 heterocycles. The molecule has 3 aromatic rings. The third kappa shape index (κ3) is 2.83. The van der Waals surface area contributed by atoms with Crippen LogP contribution >= 0.6 is 0 Å². The van der Waals surface area contributed by atoms with E-state index in [4.69, 9.17) is 0 Å². The van der Waals surface area contributed by atoms with Crippen LogP contribution in [0.2, 0.25) is 0 Å². The Kier molecular flexibility index (Phi) is 4.16. The van der Waals surface area contributed by atoms with E-state index in [2.05, 4.69) is 39.5 Å². The van der Waals surface area contributed by atoms with Crippen LogP contribution in [0.4, 0.5) is 5.69 Å². The van der Waals surface area contributed by atoms with Crippen molar-refractivity contribution in [1.82, 2.24) is 19.9 Å². The highest BCUT2D eigenvalue weighted by molar-refractivity contribution is 5.95. The number of amides is 1. The van der Waals surface area contributed by atoms with Gasteiger partial charge in [-0.3, -0.25) is 9.78 Å². The lowest BCUT2D eigenvalue weighted by Gasteiger charge is -2.26. The van der Waals surface area contributed by atoms with Crippen LogP contribution in [0.15, 0.2) is 55.6 Å². The molecular formula is C20H21N5O. The van der Waals surface area contributed by atoms with Crippen LogP contribution in [0.3, 0.4) is 0 Å². The van der Waals surface area contributed by atoms with E-state index in [0.717, 1.165) is 40.8 Å². The van der Waals surface area contributed by atoms with Gasteiger partial charge >= 0.3 is 0 Å². The number of aromatic nitrogens is 3. The van der Waals surface area contributed by atoms with E-state index in [1.54, 1.807) is 6.20 Å². The number of carbonyl (C=O) groups excluding carboxylic acids is 1. The van der Waals surface area contributed by atoms with Gasteiger partial charge in [0.15, 0.2) is 0 Å². The highest BCUT2D eigenvalue weighted by Gasteiger charge is 2.28. The summed E-state index contributed by atoms with van der Waals surface area (Å²) in [5.41, 5.74) is 4.05. The first-order chi connectivity index (χ1) is 12.7. The van der Waals surface area contributed by atoms with E-state index in [1.807, 2.05) is 35.6 Å². The molecule has 4 rings (SSSR count). The number of anilines is 1. The quantitative estimate of drug-likeness (QED) is 0.737. The Bertz CT molecular complexity index is 949. The molecule has 0 aliphatic carbocycles. The number of hydrogen-bond donors (Lipinski definition) is 1. The van der Waals surface area contributed by atoms with Crippen LogP contribution in [-0.4, -0.2) is 51.9 Å². The minimum absolute atomic E-state index is 0.000949. The lowest BCUT2D eigenvalue weighted by atomic mass is 10.1. The zero-order valence-electron chi connectivity index (χ0n) is 14.7. The van der Waals surface area contributed by atoms with Gasteiger partial charge in [0, 0.05) is 61.3 Å². The van der Waals surface area contributed by atoms with Crippen LogP contribution < -0.4 is 4.90 Å². The summed E-state index contributed by atoms with van der Waals surface area (Å²) in [7, 11) is 2.06. The molecule has 1 aliphatic rings. The molecule has 6 nitrogen and oxygen atoms in total. The number of H-pyrrole nitrogens is 1. The minimum Gasteiger partial charge on any atom is -0.368 e. The van der Waals surface area contributed by atoms with Crippen LogP contribution in [0.5, 0.6) is 0 Å². The van der Waals surface area contributed by atoms with Crippen molar-refractivity contribution >= 4 is 22.6 Å². The van der Waals surface area contributed by atoms with Crippen molar-refractivity contribution in [1.29, 1.82) is 0 Å². The predicted molar refractivity (Wildman–Crippen MR) is 103 cm³/mol. The molecule has 0 spiro atoms. The van der Waals surface area contributed by atoms with Crippen molar-refractivity contribution < 1.29 is 4.79 Å². The number of aromatic amines is 1. The number of likely N-dealkylation sites (tertiary alicyclic amines) is 1. The summed E-state index contributed by atoms with van der Waals surface area (Å²) in [6, 6.07) is 6.40. The Balaban J connectivity index is 1.63. The molecule has 6 heteroatoms. The maximum atomic E-state index is 11.8. The lowest BCUT2D eigenvalue weighted by molar-refractivity contribution is -0.125. The second kappa shape index (κ2) is 6.63. The summed E-state index contributed by atoms with van der Waals surface area (Å²) >= 11 is 0. The van der Waals surface area contributed by atoms with Crippen molar-refractivity contribution in [2.24, 2.45) is 0 Å². The molecule has 0 bridgehead atoms. The zero-order chi connectivity index (χ0) is 18.1. The van der Waals surface area contributed by atoms with Crippen molar-refractivity contribution in [3.63, 3.8) is 0 Å². The van der Waals surface area contributed by atoms with Crippen LogP contribution in [0.25, 0.3) is 22.2 Å². The number of pyridine rings is 2. The highest BCUT2D eigenvalue weighted by atomic mass is 16.2. The van der Waals surface area contributed by atoms with Crippen LogP contribution in [-0.2, 0) is 4.79 Å². The van der Waals surface area contributed by atoms with E-state index in [-0.39, 0.29) is 11.9 Å². The molecule has 0 saturated carbocycles. The fourth-order valence-electron chi connectivity index (χ4n) is 3.54. The molecule has 1 N–H and O–H groups in total. The van der Waals surface area contributed by atoms with Crippen LogP contribution in [0, 0.1) is 0 Å². The Morgan fingerprint density at radius 2 is 2.35 bits per heavy atom. The molecule has 1 atom stereocenters. The second-order valence-electron chi connectivity index (χ2n) is 6.58. The van der Waals surface area contributed by atoms with Crippen LogP contribution in [0.1, 0.15) is 6.42 Å². The van der Waals surface area contributed by atoms with Crippen molar-refractivity contribution in [3.05, 3.63) is 55.6 Å². The fraction of sp³-hybridized carbons (Fsp3) is 0.250. The van der Waals surface area contributed by atoms with Gasteiger partial charge in [-0.15, -0.1) is 0 Å². The number of likely N-dealkylation sites (N-methyl/N-ethyl adjacent to an activating group) is 1. The van der Waals surface area contributed by atoms with Gasteiger partial charge in [-0.1, -0.05) is 12.6 Å². The van der Waals surface area contributed by atoms with E-state index in [0.29, 0.717) is 6.54 Å². The van der Waals surface area contributed by atoms with Crippen molar-refractivity contribution in [2.75, 3.05) is 25.0 Å². The number of hydrogen-bond acceptors (Lipinski definition) is 4. The number of carbonyl (C=O) groups is 1. The molecule has 1 aliphatic heterocycles. The highest BCUT2D eigenvalue weighted by Crippen LogP contribution is 2.31. The van der Waals surface area contributed by atoms with E-state index in [1.165, 1.54) is 6.08 Å². The maximum Gasteiger partial charge on any atom is 0.246 e. The number of nitrogens with one attached hydrogen (secondary N) is 1. The van der Waals surface area contributed by atoms with E-state index in [9.17, 15) is 4.79 Å². The first-order valence-electron chi connectivity index (χ1n) is 8.69. The number of nitrogens with zero attached hydrogens (tertiary/aromatic N) is 4. The zero-order valence-corrected chi connectivity index (χ0v) is 14.7. The molecule has 26 heavy (non-hydrogen) atoms. The third-order valence-corrected chi connectivity index (χ3v) is 5.09. The first-order valence-corrected chi connectivity index (χ1v) is 8.69. The molecule has 1 saturated heterocycles. The molecule has 0 aromatic carbocycles. The Morgan fingerprint density at radius 3 is 3.12 bits per heavy atom. The minimum atomic E-state index is -0.000949. The average molecular weight is 347 g/mol. The van der Waals surface area contributed by atoms with Gasteiger partial charge < -0.3 is 14.8 Å². The van der Waals surface area contributed by atoms with Crippen molar-refractivity contribution in [3.8, 4) is 11.1 Å². The third-order valence-electron chi connectivity index (χ3n) is 5.09. The Morgan fingerprint density at radius 1 is 1.46 bits per heavy atom. The largest absolute Gasteiger partial charge is 0.368 e. The first kappa shape index (κ1) is 16.3. The normalized spacial score (nSPS) is 16.8. The van der Waals surface area contributed by atoms with Gasteiger partial charge in [0.05, 0.1) is 11.9 Å². The maximum absolute atomic E-state index is 11.8. The average Bonchev–Trinajstić information content (AvgIpc) is 3.34. The summed E-state index contributed by atoms with van der Waals surface area (Å²) in [5, 5.41) is 1.07. The topological polar surface area (TPSA) is 65.1 Å².